The molecular formula is C18H22ClNO. The standard InChI is InChI=1S/C18H22ClNO/c1-3-6-14-7-4-8-15(11-14)18(20)13(2)21-17-10-5-9-16(19)12-17/h4-5,7-13,18H,3,6,20H2,1-2H3. The first-order chi connectivity index (χ1) is 10.1. The predicted molar refractivity (Wildman–Crippen MR) is 88.9 cm³/mol. The number of halogens is 1. The van der Waals surface area contributed by atoms with Gasteiger partial charge in [-0.1, -0.05) is 55.3 Å². The largest absolute Gasteiger partial charge is 0.489 e. The van der Waals surface area contributed by atoms with Gasteiger partial charge >= 0.3 is 0 Å². The fourth-order valence-electron chi connectivity index (χ4n) is 2.34. The molecule has 0 saturated carbocycles. The highest BCUT2D eigenvalue weighted by Crippen LogP contribution is 2.23. The molecule has 0 spiro atoms. The van der Waals surface area contributed by atoms with Crippen LogP contribution in [0.15, 0.2) is 48.5 Å². The monoisotopic (exact) mass is 303 g/mol. The lowest BCUT2D eigenvalue weighted by Gasteiger charge is -2.22. The van der Waals surface area contributed by atoms with Crippen molar-refractivity contribution in [3.05, 3.63) is 64.7 Å². The summed E-state index contributed by atoms with van der Waals surface area (Å²) < 4.78 is 5.90. The zero-order chi connectivity index (χ0) is 15.2. The Hall–Kier alpha value is -1.51. The molecule has 2 unspecified atom stereocenters. The minimum Gasteiger partial charge on any atom is -0.489 e. The molecule has 0 aliphatic carbocycles. The van der Waals surface area contributed by atoms with E-state index < -0.39 is 0 Å². The molecule has 0 bridgehead atoms. The van der Waals surface area contributed by atoms with Crippen molar-refractivity contribution in [1.29, 1.82) is 0 Å². The molecule has 0 amide bonds. The van der Waals surface area contributed by atoms with Crippen LogP contribution in [0.4, 0.5) is 0 Å². The Kier molecular flexibility index (Phi) is 5.66. The Balaban J connectivity index is 2.08. The number of benzene rings is 2. The first-order valence-corrected chi connectivity index (χ1v) is 7.74. The predicted octanol–water partition coefficient (Wildman–Crippen LogP) is 4.76. The van der Waals surface area contributed by atoms with E-state index in [4.69, 9.17) is 22.1 Å². The van der Waals surface area contributed by atoms with Crippen LogP contribution in [0.1, 0.15) is 37.4 Å². The molecule has 0 saturated heterocycles. The molecule has 2 nitrogen and oxygen atoms in total. The Morgan fingerprint density at radius 2 is 1.90 bits per heavy atom. The number of rotatable bonds is 6. The number of nitrogens with two attached hydrogens (primary N) is 1. The van der Waals surface area contributed by atoms with Gasteiger partial charge in [-0.05, 0) is 42.7 Å². The maximum Gasteiger partial charge on any atom is 0.121 e. The third-order valence-corrected chi connectivity index (χ3v) is 3.73. The summed E-state index contributed by atoms with van der Waals surface area (Å²) >= 11 is 5.97. The quantitative estimate of drug-likeness (QED) is 0.835. The van der Waals surface area contributed by atoms with Gasteiger partial charge in [0.05, 0.1) is 6.04 Å². The lowest BCUT2D eigenvalue weighted by Crippen LogP contribution is -2.28. The summed E-state index contributed by atoms with van der Waals surface area (Å²) in [6.45, 7) is 4.16. The average Bonchev–Trinajstić information content (AvgIpc) is 2.47. The van der Waals surface area contributed by atoms with Crippen LogP contribution in [0.2, 0.25) is 5.02 Å². The van der Waals surface area contributed by atoms with Crippen LogP contribution >= 0.6 is 11.6 Å². The summed E-state index contributed by atoms with van der Waals surface area (Å²) in [6.07, 6.45) is 2.08. The summed E-state index contributed by atoms with van der Waals surface area (Å²) in [6, 6.07) is 15.7. The van der Waals surface area contributed by atoms with Crippen LogP contribution in [0, 0.1) is 0 Å². The molecule has 2 aromatic carbocycles. The fraction of sp³-hybridized carbons (Fsp3) is 0.333. The van der Waals surface area contributed by atoms with Crippen LogP contribution in [0.5, 0.6) is 5.75 Å². The molecule has 0 fully saturated rings. The van der Waals surface area contributed by atoms with Gasteiger partial charge < -0.3 is 10.5 Å². The Bertz CT molecular complexity index is 585. The summed E-state index contributed by atoms with van der Waals surface area (Å²) in [7, 11) is 0. The molecule has 21 heavy (non-hydrogen) atoms. The zero-order valence-electron chi connectivity index (χ0n) is 12.6. The van der Waals surface area contributed by atoms with Crippen molar-refractivity contribution in [2.45, 2.75) is 38.8 Å². The summed E-state index contributed by atoms with van der Waals surface area (Å²) in [5.41, 5.74) is 8.76. The molecule has 0 aliphatic heterocycles. The molecular weight excluding hydrogens is 282 g/mol. The second kappa shape index (κ2) is 7.48. The molecule has 3 heteroatoms. The van der Waals surface area contributed by atoms with E-state index in [0.29, 0.717) is 5.02 Å². The van der Waals surface area contributed by atoms with Crippen molar-refractivity contribution >= 4 is 11.6 Å². The van der Waals surface area contributed by atoms with E-state index in [2.05, 4.69) is 31.2 Å². The summed E-state index contributed by atoms with van der Waals surface area (Å²) in [5, 5.41) is 0.665. The average molecular weight is 304 g/mol. The normalized spacial score (nSPS) is 13.7. The molecule has 0 radical (unpaired) electrons. The van der Waals surface area contributed by atoms with Crippen LogP contribution in [0.3, 0.4) is 0 Å². The van der Waals surface area contributed by atoms with Crippen molar-refractivity contribution in [1.82, 2.24) is 0 Å². The smallest absolute Gasteiger partial charge is 0.121 e. The van der Waals surface area contributed by atoms with Gasteiger partial charge in [0.1, 0.15) is 11.9 Å². The second-order valence-corrected chi connectivity index (χ2v) is 5.74. The van der Waals surface area contributed by atoms with Crippen molar-refractivity contribution in [3.63, 3.8) is 0 Å². The molecule has 0 aromatic heterocycles. The van der Waals surface area contributed by atoms with Gasteiger partial charge in [-0.25, -0.2) is 0 Å². The van der Waals surface area contributed by atoms with Crippen molar-refractivity contribution in [3.8, 4) is 5.75 Å². The van der Waals surface area contributed by atoms with Gasteiger partial charge in [-0.2, -0.15) is 0 Å². The van der Waals surface area contributed by atoms with Crippen molar-refractivity contribution in [2.75, 3.05) is 0 Å². The van der Waals surface area contributed by atoms with E-state index in [9.17, 15) is 0 Å². The van der Waals surface area contributed by atoms with Gasteiger partial charge in [0.15, 0.2) is 0 Å². The van der Waals surface area contributed by atoms with E-state index in [1.165, 1.54) is 5.56 Å². The second-order valence-electron chi connectivity index (χ2n) is 5.30. The third-order valence-electron chi connectivity index (χ3n) is 3.50. The van der Waals surface area contributed by atoms with Gasteiger partial charge in [-0.15, -0.1) is 0 Å². The van der Waals surface area contributed by atoms with Gasteiger partial charge in [0.25, 0.3) is 0 Å². The van der Waals surface area contributed by atoms with E-state index >= 15 is 0 Å². The lowest BCUT2D eigenvalue weighted by atomic mass is 9.99. The maximum absolute atomic E-state index is 6.33. The molecule has 0 heterocycles. The fourth-order valence-corrected chi connectivity index (χ4v) is 2.52. The SMILES string of the molecule is CCCc1cccc(C(N)C(C)Oc2cccc(Cl)c2)c1. The van der Waals surface area contributed by atoms with Crippen molar-refractivity contribution < 1.29 is 4.74 Å². The third kappa shape index (κ3) is 4.48. The first-order valence-electron chi connectivity index (χ1n) is 7.36. The van der Waals surface area contributed by atoms with Crippen LogP contribution in [-0.2, 0) is 6.42 Å². The van der Waals surface area contributed by atoms with E-state index in [1.807, 2.05) is 25.1 Å². The van der Waals surface area contributed by atoms with Gasteiger partial charge in [0, 0.05) is 5.02 Å². The molecule has 2 atom stereocenters. The van der Waals surface area contributed by atoms with Crippen LogP contribution in [0.25, 0.3) is 0 Å². The van der Waals surface area contributed by atoms with Crippen LogP contribution in [-0.4, -0.2) is 6.10 Å². The molecule has 2 N–H and O–H groups in total. The number of hydrogen-bond donors (Lipinski definition) is 1. The number of ether oxygens (including phenoxy) is 1. The zero-order valence-corrected chi connectivity index (χ0v) is 13.3. The van der Waals surface area contributed by atoms with E-state index in [0.717, 1.165) is 24.2 Å². The van der Waals surface area contributed by atoms with Crippen molar-refractivity contribution in [2.24, 2.45) is 5.73 Å². The Morgan fingerprint density at radius 1 is 1.14 bits per heavy atom. The Morgan fingerprint density at radius 3 is 2.62 bits per heavy atom. The molecule has 0 aliphatic rings. The van der Waals surface area contributed by atoms with Crippen LogP contribution < -0.4 is 10.5 Å². The number of aryl methyl sites for hydroxylation is 1. The Labute approximate surface area is 131 Å². The van der Waals surface area contributed by atoms with Gasteiger partial charge in [-0.3, -0.25) is 0 Å². The molecule has 112 valence electrons. The summed E-state index contributed by atoms with van der Waals surface area (Å²) in [5.74, 6) is 0.746. The lowest BCUT2D eigenvalue weighted by molar-refractivity contribution is 0.190. The minimum atomic E-state index is -0.166. The highest BCUT2D eigenvalue weighted by atomic mass is 35.5. The topological polar surface area (TPSA) is 35.2 Å². The van der Waals surface area contributed by atoms with E-state index in [1.54, 1.807) is 6.07 Å². The van der Waals surface area contributed by atoms with Gasteiger partial charge in [0.2, 0.25) is 0 Å². The molecule has 2 rings (SSSR count). The highest BCUT2D eigenvalue weighted by Gasteiger charge is 2.17. The summed E-state index contributed by atoms with van der Waals surface area (Å²) in [4.78, 5) is 0. The highest BCUT2D eigenvalue weighted by molar-refractivity contribution is 6.30. The number of hydrogen-bond acceptors (Lipinski definition) is 2. The minimum absolute atomic E-state index is 0.125. The van der Waals surface area contributed by atoms with E-state index in [-0.39, 0.29) is 12.1 Å². The first kappa shape index (κ1) is 15.9. The molecule has 2 aromatic rings. The maximum atomic E-state index is 6.33.